The molecule has 1 atom stereocenters. The molecule has 2 nitrogen and oxygen atoms in total. The molecule has 0 fully saturated rings. The van der Waals surface area contributed by atoms with E-state index in [9.17, 15) is 8.78 Å². The fourth-order valence-electron chi connectivity index (χ4n) is 2.25. The number of rotatable bonds is 6. The van der Waals surface area contributed by atoms with Crippen molar-refractivity contribution in [3.8, 4) is 0 Å². The van der Waals surface area contributed by atoms with E-state index in [0.717, 1.165) is 12.1 Å². The molecule has 0 saturated heterocycles. The maximum atomic E-state index is 12.8. The lowest BCUT2D eigenvalue weighted by Gasteiger charge is -2.27. The van der Waals surface area contributed by atoms with Crippen molar-refractivity contribution in [1.82, 2.24) is 4.90 Å². The zero-order valence-electron chi connectivity index (χ0n) is 11.3. The van der Waals surface area contributed by atoms with Crippen molar-refractivity contribution in [2.45, 2.75) is 19.0 Å². The van der Waals surface area contributed by atoms with Crippen LogP contribution in [0.4, 0.5) is 8.78 Å². The molecule has 0 bridgehead atoms. The van der Waals surface area contributed by atoms with Crippen LogP contribution >= 0.6 is 11.3 Å². The van der Waals surface area contributed by atoms with Gasteiger partial charge in [-0.1, -0.05) is 18.2 Å². The lowest BCUT2D eigenvalue weighted by atomic mass is 10.0. The Morgan fingerprint density at radius 3 is 2.60 bits per heavy atom. The third kappa shape index (κ3) is 3.62. The summed E-state index contributed by atoms with van der Waals surface area (Å²) < 4.78 is 25.6. The minimum absolute atomic E-state index is 0.0462. The summed E-state index contributed by atoms with van der Waals surface area (Å²) in [6.07, 6.45) is -2.45. The number of nitrogens with zero attached hydrogens (tertiary/aromatic N) is 1. The summed E-state index contributed by atoms with van der Waals surface area (Å²) in [5, 5.41) is 4.11. The highest BCUT2D eigenvalue weighted by Gasteiger charge is 2.17. The van der Waals surface area contributed by atoms with Gasteiger partial charge < -0.3 is 5.73 Å². The van der Waals surface area contributed by atoms with Crippen molar-refractivity contribution in [3.63, 3.8) is 0 Å². The van der Waals surface area contributed by atoms with Gasteiger partial charge in [-0.15, -0.1) is 0 Å². The molecule has 2 rings (SSSR count). The van der Waals surface area contributed by atoms with Crippen molar-refractivity contribution in [3.05, 3.63) is 57.8 Å². The Labute approximate surface area is 121 Å². The molecular weight excluding hydrogens is 278 g/mol. The maximum Gasteiger partial charge on any atom is 0.263 e. The average molecular weight is 296 g/mol. The summed E-state index contributed by atoms with van der Waals surface area (Å²) in [5.74, 6) is 0. The van der Waals surface area contributed by atoms with E-state index in [1.54, 1.807) is 23.5 Å². The van der Waals surface area contributed by atoms with Gasteiger partial charge in [-0.25, -0.2) is 8.78 Å². The minimum Gasteiger partial charge on any atom is -0.329 e. The molecule has 0 amide bonds. The van der Waals surface area contributed by atoms with Crippen LogP contribution in [0, 0.1) is 0 Å². The molecule has 0 radical (unpaired) electrons. The molecule has 0 aliphatic rings. The molecule has 1 aromatic heterocycles. The number of likely N-dealkylation sites (N-methyl/N-ethyl adjacent to an activating group) is 1. The third-order valence-corrected chi connectivity index (χ3v) is 4.05. The molecule has 2 aromatic rings. The summed E-state index contributed by atoms with van der Waals surface area (Å²) in [7, 11) is 1.96. The molecule has 108 valence electrons. The van der Waals surface area contributed by atoms with E-state index in [4.69, 9.17) is 5.73 Å². The number of thiophene rings is 1. The number of hydrogen-bond donors (Lipinski definition) is 1. The second-order valence-corrected chi connectivity index (χ2v) is 5.55. The smallest absolute Gasteiger partial charge is 0.263 e. The van der Waals surface area contributed by atoms with E-state index in [1.807, 2.05) is 18.5 Å². The molecule has 1 unspecified atom stereocenters. The van der Waals surface area contributed by atoms with Crippen molar-refractivity contribution in [2.24, 2.45) is 5.73 Å². The third-order valence-electron chi connectivity index (χ3n) is 3.31. The monoisotopic (exact) mass is 296 g/mol. The van der Waals surface area contributed by atoms with Crippen LogP contribution in [0.1, 0.15) is 29.2 Å². The zero-order valence-corrected chi connectivity index (χ0v) is 12.1. The van der Waals surface area contributed by atoms with Crippen molar-refractivity contribution >= 4 is 11.3 Å². The fraction of sp³-hybridized carbons (Fsp3) is 0.333. The van der Waals surface area contributed by atoms with Crippen LogP contribution in [0.15, 0.2) is 41.1 Å². The van der Waals surface area contributed by atoms with Crippen LogP contribution in [0.3, 0.4) is 0 Å². The summed E-state index contributed by atoms with van der Waals surface area (Å²) >= 11 is 1.65. The van der Waals surface area contributed by atoms with Crippen LogP contribution in [0.5, 0.6) is 0 Å². The first-order chi connectivity index (χ1) is 9.61. The Hall–Kier alpha value is -1.30. The highest BCUT2D eigenvalue weighted by molar-refractivity contribution is 7.07. The fourth-order valence-corrected chi connectivity index (χ4v) is 2.91. The van der Waals surface area contributed by atoms with Crippen LogP contribution in [0.25, 0.3) is 0 Å². The summed E-state index contributed by atoms with van der Waals surface area (Å²) in [4.78, 5) is 2.09. The zero-order chi connectivity index (χ0) is 14.5. The molecule has 1 heterocycles. The Kier molecular flexibility index (Phi) is 5.23. The SMILES string of the molecule is CN(Cc1ccsc1)C(CN)c1cccc(C(F)F)c1. The second-order valence-electron chi connectivity index (χ2n) is 4.77. The van der Waals surface area contributed by atoms with Gasteiger partial charge in [-0.05, 0) is 41.1 Å². The number of alkyl halides is 2. The Bertz CT molecular complexity index is 528. The number of hydrogen-bond acceptors (Lipinski definition) is 3. The normalized spacial score (nSPS) is 13.1. The quantitative estimate of drug-likeness (QED) is 0.878. The molecule has 0 aliphatic heterocycles. The number of benzene rings is 1. The Morgan fingerprint density at radius 2 is 2.00 bits per heavy atom. The second kappa shape index (κ2) is 6.92. The van der Waals surface area contributed by atoms with Gasteiger partial charge >= 0.3 is 0 Å². The van der Waals surface area contributed by atoms with Gasteiger partial charge in [0.15, 0.2) is 0 Å². The molecule has 0 spiro atoms. The Balaban J connectivity index is 2.16. The van der Waals surface area contributed by atoms with Crippen LogP contribution < -0.4 is 5.73 Å². The van der Waals surface area contributed by atoms with Crippen molar-refractivity contribution < 1.29 is 8.78 Å². The highest BCUT2D eigenvalue weighted by atomic mass is 32.1. The van der Waals surface area contributed by atoms with Crippen LogP contribution in [-0.4, -0.2) is 18.5 Å². The van der Waals surface area contributed by atoms with Gasteiger partial charge in [0.05, 0.1) is 0 Å². The molecule has 0 saturated carbocycles. The van der Waals surface area contributed by atoms with Gasteiger partial charge in [0.1, 0.15) is 0 Å². The lowest BCUT2D eigenvalue weighted by Crippen LogP contribution is -2.30. The van der Waals surface area contributed by atoms with Gasteiger partial charge in [-0.3, -0.25) is 4.90 Å². The summed E-state index contributed by atoms with van der Waals surface area (Å²) in [5.41, 5.74) is 7.93. The topological polar surface area (TPSA) is 29.3 Å². The van der Waals surface area contributed by atoms with Gasteiger partial charge in [0.25, 0.3) is 6.43 Å². The molecular formula is C15H18F2N2S. The van der Waals surface area contributed by atoms with Gasteiger partial charge in [-0.2, -0.15) is 11.3 Å². The molecule has 5 heteroatoms. The number of halogens is 2. The number of nitrogens with two attached hydrogens (primary N) is 1. The molecule has 1 aromatic carbocycles. The van der Waals surface area contributed by atoms with Gasteiger partial charge in [0.2, 0.25) is 0 Å². The first-order valence-electron chi connectivity index (χ1n) is 6.41. The predicted octanol–water partition coefficient (Wildman–Crippen LogP) is 3.82. The first kappa shape index (κ1) is 15.1. The van der Waals surface area contributed by atoms with E-state index in [2.05, 4.69) is 16.3 Å². The molecule has 0 aliphatic carbocycles. The average Bonchev–Trinajstić information content (AvgIpc) is 2.92. The Morgan fingerprint density at radius 1 is 1.25 bits per heavy atom. The van der Waals surface area contributed by atoms with E-state index in [-0.39, 0.29) is 11.6 Å². The maximum absolute atomic E-state index is 12.8. The van der Waals surface area contributed by atoms with Gasteiger partial charge in [0, 0.05) is 24.7 Å². The van der Waals surface area contributed by atoms with E-state index in [0.29, 0.717) is 6.54 Å². The van der Waals surface area contributed by atoms with Crippen LogP contribution in [-0.2, 0) is 6.54 Å². The standard InChI is InChI=1S/C15H18F2N2S/c1-19(9-11-5-6-20-10-11)14(8-18)12-3-2-4-13(7-12)15(16)17/h2-7,10,14-15H,8-9,18H2,1H3. The van der Waals surface area contributed by atoms with E-state index in [1.165, 1.54) is 11.6 Å². The van der Waals surface area contributed by atoms with Crippen molar-refractivity contribution in [1.29, 1.82) is 0 Å². The van der Waals surface area contributed by atoms with E-state index >= 15 is 0 Å². The molecule has 2 N–H and O–H groups in total. The van der Waals surface area contributed by atoms with E-state index < -0.39 is 6.43 Å². The predicted molar refractivity (Wildman–Crippen MR) is 79.0 cm³/mol. The minimum atomic E-state index is -2.45. The molecule has 20 heavy (non-hydrogen) atoms. The first-order valence-corrected chi connectivity index (χ1v) is 7.35. The summed E-state index contributed by atoms with van der Waals surface area (Å²) in [6.45, 7) is 1.15. The van der Waals surface area contributed by atoms with Crippen LogP contribution in [0.2, 0.25) is 0 Å². The highest BCUT2D eigenvalue weighted by Crippen LogP contribution is 2.25. The van der Waals surface area contributed by atoms with Crippen molar-refractivity contribution in [2.75, 3.05) is 13.6 Å². The summed E-state index contributed by atoms with van der Waals surface area (Å²) in [6, 6.07) is 8.51. The lowest BCUT2D eigenvalue weighted by molar-refractivity contribution is 0.151. The largest absolute Gasteiger partial charge is 0.329 e.